The minimum Gasteiger partial charge on any atom is -0.480 e. The number of amidine groups is 1. The van der Waals surface area contributed by atoms with Gasteiger partial charge in [0.2, 0.25) is 0 Å². The summed E-state index contributed by atoms with van der Waals surface area (Å²) in [6.07, 6.45) is 5.83. The predicted octanol–water partition coefficient (Wildman–Crippen LogP) is 0.781. The Hall–Kier alpha value is -2.11. The van der Waals surface area contributed by atoms with Crippen molar-refractivity contribution in [3.05, 3.63) is 23.9 Å². The first kappa shape index (κ1) is 12.3. The van der Waals surface area contributed by atoms with Crippen molar-refractivity contribution in [3.8, 4) is 0 Å². The Morgan fingerprint density at radius 1 is 1.61 bits per heavy atom. The molecule has 0 saturated heterocycles. The molecule has 1 unspecified atom stereocenters. The van der Waals surface area contributed by atoms with Crippen LogP contribution in [0.25, 0.3) is 0 Å². The van der Waals surface area contributed by atoms with Gasteiger partial charge >= 0.3 is 5.97 Å². The molecule has 6 nitrogen and oxygen atoms in total. The lowest BCUT2D eigenvalue weighted by atomic mass is 10.1. The van der Waals surface area contributed by atoms with Crippen LogP contribution in [0.4, 0.5) is 0 Å². The van der Waals surface area contributed by atoms with Crippen molar-refractivity contribution >= 4 is 17.7 Å². The molecule has 96 valence electrons. The zero-order chi connectivity index (χ0) is 13.3. The molecule has 1 N–H and O–H groups in total. The molecule has 0 spiro atoms. The molecule has 0 radical (unpaired) electrons. The van der Waals surface area contributed by atoms with E-state index in [-0.39, 0.29) is 12.5 Å². The molecule has 0 aromatic heterocycles. The highest BCUT2D eigenvalue weighted by Crippen LogP contribution is 2.17. The van der Waals surface area contributed by atoms with Crippen LogP contribution in [0, 0.1) is 0 Å². The number of fused-ring (bicyclic) bond motifs is 1. The number of carboxylic acid groups (broad SMARTS) is 1. The Labute approximate surface area is 105 Å². The van der Waals surface area contributed by atoms with Crippen molar-refractivity contribution in [2.75, 3.05) is 6.54 Å². The molecule has 0 aliphatic carbocycles. The zero-order valence-corrected chi connectivity index (χ0v) is 10.3. The Bertz CT molecular complexity index is 479. The van der Waals surface area contributed by atoms with Crippen molar-refractivity contribution in [1.82, 2.24) is 9.91 Å². The van der Waals surface area contributed by atoms with Gasteiger partial charge in [0, 0.05) is 6.20 Å². The van der Waals surface area contributed by atoms with Crippen molar-refractivity contribution in [3.63, 3.8) is 0 Å². The molecule has 2 aliphatic heterocycles. The largest absolute Gasteiger partial charge is 0.480 e. The first-order valence-corrected chi connectivity index (χ1v) is 5.79. The van der Waals surface area contributed by atoms with E-state index in [2.05, 4.69) is 5.10 Å². The molecule has 1 amide bonds. The van der Waals surface area contributed by atoms with Gasteiger partial charge in [0.1, 0.15) is 6.54 Å². The van der Waals surface area contributed by atoms with Crippen LogP contribution in [0.2, 0.25) is 0 Å². The third-order valence-corrected chi connectivity index (χ3v) is 2.91. The van der Waals surface area contributed by atoms with Crippen LogP contribution in [0.15, 0.2) is 29.0 Å². The molecule has 0 bridgehead atoms. The summed E-state index contributed by atoms with van der Waals surface area (Å²) >= 11 is 0. The first-order chi connectivity index (χ1) is 8.52. The fourth-order valence-electron chi connectivity index (χ4n) is 1.92. The molecular formula is C12H15N3O3. The summed E-state index contributed by atoms with van der Waals surface area (Å²) < 4.78 is 0. The van der Waals surface area contributed by atoms with Gasteiger partial charge in [-0.25, -0.2) is 9.80 Å². The Balaban J connectivity index is 2.33. The van der Waals surface area contributed by atoms with Crippen LogP contribution in [0.1, 0.15) is 20.3 Å². The van der Waals surface area contributed by atoms with E-state index in [9.17, 15) is 9.59 Å². The maximum Gasteiger partial charge on any atom is 0.328 e. The lowest BCUT2D eigenvalue weighted by Crippen LogP contribution is -2.51. The van der Waals surface area contributed by atoms with E-state index >= 15 is 0 Å². The van der Waals surface area contributed by atoms with Crippen molar-refractivity contribution in [1.29, 1.82) is 0 Å². The number of amides is 1. The number of rotatable bonds is 3. The zero-order valence-electron chi connectivity index (χ0n) is 10.3. The van der Waals surface area contributed by atoms with Crippen LogP contribution < -0.4 is 0 Å². The molecule has 2 aliphatic rings. The standard InChI is InChI=1S/C12H15N3O3/c1-3-9(12(17)18)15-11(16)7-14-5-4-8(2)6-10(14)13-15/h4-6,9H,3,7H2,1-2H3,(H,17,18). The lowest BCUT2D eigenvalue weighted by molar-refractivity contribution is -0.151. The van der Waals surface area contributed by atoms with Crippen molar-refractivity contribution in [2.45, 2.75) is 26.3 Å². The molecule has 0 aromatic carbocycles. The number of hydrogen-bond donors (Lipinski definition) is 1. The third kappa shape index (κ3) is 2.13. The normalized spacial score (nSPS) is 20.2. The van der Waals surface area contributed by atoms with E-state index in [0.29, 0.717) is 12.3 Å². The van der Waals surface area contributed by atoms with Gasteiger partial charge in [0.25, 0.3) is 5.91 Å². The third-order valence-electron chi connectivity index (χ3n) is 2.91. The van der Waals surface area contributed by atoms with Gasteiger partial charge in [-0.05, 0) is 31.1 Å². The highest BCUT2D eigenvalue weighted by Gasteiger charge is 2.33. The summed E-state index contributed by atoms with van der Waals surface area (Å²) in [7, 11) is 0. The maximum atomic E-state index is 11.9. The van der Waals surface area contributed by atoms with Gasteiger partial charge in [0.15, 0.2) is 11.9 Å². The van der Waals surface area contributed by atoms with E-state index in [4.69, 9.17) is 5.11 Å². The fraction of sp³-hybridized carbons (Fsp3) is 0.417. The summed E-state index contributed by atoms with van der Waals surface area (Å²) in [5.74, 6) is -0.726. The molecule has 0 aromatic rings. The van der Waals surface area contributed by atoms with Gasteiger partial charge in [-0.2, -0.15) is 5.10 Å². The smallest absolute Gasteiger partial charge is 0.328 e. The van der Waals surface area contributed by atoms with Gasteiger partial charge in [-0.1, -0.05) is 6.92 Å². The molecule has 1 atom stereocenters. The van der Waals surface area contributed by atoms with E-state index in [0.717, 1.165) is 10.6 Å². The highest BCUT2D eigenvalue weighted by molar-refractivity contribution is 6.01. The number of carbonyl (C=O) groups is 2. The monoisotopic (exact) mass is 249 g/mol. The molecule has 2 heterocycles. The number of hydrogen-bond acceptors (Lipinski definition) is 4. The summed E-state index contributed by atoms with van der Waals surface area (Å²) in [5, 5.41) is 14.3. The van der Waals surface area contributed by atoms with E-state index in [1.807, 2.05) is 19.1 Å². The summed E-state index contributed by atoms with van der Waals surface area (Å²) in [6.45, 7) is 3.77. The Kier molecular flexibility index (Phi) is 3.18. The average molecular weight is 249 g/mol. The number of carboxylic acids is 1. The minimum absolute atomic E-state index is 0.128. The molecular weight excluding hydrogens is 234 g/mol. The molecule has 2 rings (SSSR count). The highest BCUT2D eigenvalue weighted by atomic mass is 16.4. The van der Waals surface area contributed by atoms with Crippen molar-refractivity contribution < 1.29 is 14.7 Å². The number of aliphatic carboxylic acids is 1. The van der Waals surface area contributed by atoms with E-state index in [1.54, 1.807) is 18.0 Å². The second-order valence-corrected chi connectivity index (χ2v) is 4.29. The SMILES string of the molecule is CCC(C(=O)O)N1N=C2C=C(C)C=CN2CC1=O. The van der Waals surface area contributed by atoms with Gasteiger partial charge in [-0.15, -0.1) is 0 Å². The van der Waals surface area contributed by atoms with E-state index in [1.165, 1.54) is 0 Å². The maximum absolute atomic E-state index is 11.9. The van der Waals surface area contributed by atoms with Crippen LogP contribution in [-0.2, 0) is 9.59 Å². The van der Waals surface area contributed by atoms with Crippen LogP contribution in [-0.4, -0.2) is 45.3 Å². The average Bonchev–Trinajstić information content (AvgIpc) is 2.31. The predicted molar refractivity (Wildman–Crippen MR) is 65.6 cm³/mol. The molecule has 6 heteroatoms. The Morgan fingerprint density at radius 3 is 2.94 bits per heavy atom. The van der Waals surface area contributed by atoms with Gasteiger partial charge in [0.05, 0.1) is 0 Å². The minimum atomic E-state index is -1.03. The number of hydrazone groups is 1. The summed E-state index contributed by atoms with van der Waals surface area (Å²) in [6, 6.07) is -0.897. The molecule has 0 fully saturated rings. The topological polar surface area (TPSA) is 73.2 Å². The quantitative estimate of drug-likeness (QED) is 0.802. The lowest BCUT2D eigenvalue weighted by Gasteiger charge is -2.34. The van der Waals surface area contributed by atoms with Crippen LogP contribution in [0.3, 0.4) is 0 Å². The first-order valence-electron chi connectivity index (χ1n) is 5.79. The summed E-state index contributed by atoms with van der Waals surface area (Å²) in [5.41, 5.74) is 1.02. The fourth-order valence-corrected chi connectivity index (χ4v) is 1.92. The van der Waals surface area contributed by atoms with Crippen LogP contribution >= 0.6 is 0 Å². The summed E-state index contributed by atoms with van der Waals surface area (Å²) in [4.78, 5) is 24.7. The number of nitrogens with zero attached hydrogens (tertiary/aromatic N) is 3. The second-order valence-electron chi connectivity index (χ2n) is 4.29. The van der Waals surface area contributed by atoms with Crippen molar-refractivity contribution in [2.24, 2.45) is 5.10 Å². The molecule has 18 heavy (non-hydrogen) atoms. The number of allylic oxidation sites excluding steroid dienone is 2. The molecule has 0 saturated carbocycles. The van der Waals surface area contributed by atoms with E-state index < -0.39 is 12.0 Å². The second kappa shape index (κ2) is 4.64. The van der Waals surface area contributed by atoms with Gasteiger partial charge < -0.3 is 10.0 Å². The Morgan fingerprint density at radius 2 is 2.33 bits per heavy atom. The van der Waals surface area contributed by atoms with Crippen LogP contribution in [0.5, 0.6) is 0 Å². The van der Waals surface area contributed by atoms with Gasteiger partial charge in [-0.3, -0.25) is 4.79 Å². The number of carbonyl (C=O) groups excluding carboxylic acids is 1.